The van der Waals surface area contributed by atoms with Gasteiger partial charge in [-0.25, -0.2) is 0 Å². The molecule has 1 saturated heterocycles. The van der Waals surface area contributed by atoms with Gasteiger partial charge in [0.1, 0.15) is 17.0 Å². The van der Waals surface area contributed by atoms with Gasteiger partial charge < -0.3 is 9.84 Å². The highest BCUT2D eigenvalue weighted by molar-refractivity contribution is 5.96. The Morgan fingerprint density at radius 1 is 1.24 bits per heavy atom. The van der Waals surface area contributed by atoms with E-state index in [9.17, 15) is 27.9 Å². The normalized spacial score (nSPS) is 22.5. The number of hydrogen-bond acceptors (Lipinski definition) is 5. The summed E-state index contributed by atoms with van der Waals surface area (Å²) in [6, 6.07) is 2.27. The molecular weight excluding hydrogens is 343 g/mol. The molecule has 10 heteroatoms. The summed E-state index contributed by atoms with van der Waals surface area (Å²) < 4.78 is 43.6. The molecule has 0 aliphatic carbocycles. The van der Waals surface area contributed by atoms with Gasteiger partial charge in [-0.1, -0.05) is 0 Å². The lowest BCUT2D eigenvalue weighted by Crippen LogP contribution is -2.59. The van der Waals surface area contributed by atoms with Gasteiger partial charge in [-0.2, -0.15) is 13.2 Å². The lowest BCUT2D eigenvalue weighted by Gasteiger charge is -2.25. The van der Waals surface area contributed by atoms with E-state index in [0.29, 0.717) is 6.07 Å². The second kappa shape index (κ2) is 6.19. The smallest absolute Gasteiger partial charge is 0.419 e. The minimum absolute atomic E-state index is 0.0547. The number of ether oxygens (including phenoxy) is 1. The molecule has 4 N–H and O–H groups in total. The monoisotopic (exact) mass is 361 g/mol. The number of halogens is 3. The molecule has 0 radical (unpaired) electrons. The summed E-state index contributed by atoms with van der Waals surface area (Å²) in [5.41, 5.74) is 0.646. The van der Waals surface area contributed by atoms with Crippen molar-refractivity contribution in [2.75, 3.05) is 6.61 Å². The number of carbonyl (C=O) groups excluding carboxylic acids is 2. The molecule has 25 heavy (non-hydrogen) atoms. The first-order valence-corrected chi connectivity index (χ1v) is 7.28. The summed E-state index contributed by atoms with van der Waals surface area (Å²) in [5, 5.41) is 12.2. The number of hydrogen-bond donors (Lipinski definition) is 4. The van der Waals surface area contributed by atoms with Crippen LogP contribution in [0.15, 0.2) is 18.2 Å². The highest BCUT2D eigenvalue weighted by atomic mass is 19.4. The standard InChI is InChI=1S/C15H18F3N3O4/c1-13(2)21-14(3,7-25-13)12(24)20-19-11(23)8-4-5-10(22)9(6-8)15(16,17)18/h4-6,21-22H,7H2,1-3H3,(H,19,23)(H,20,24)/t14-/m1/s1. The molecule has 1 aliphatic rings. The van der Waals surface area contributed by atoms with Crippen LogP contribution in [0.5, 0.6) is 5.75 Å². The summed E-state index contributed by atoms with van der Waals surface area (Å²) in [5.74, 6) is -2.56. The van der Waals surface area contributed by atoms with Gasteiger partial charge in [0, 0.05) is 5.56 Å². The summed E-state index contributed by atoms with van der Waals surface area (Å²) in [6.07, 6.45) is -4.81. The molecule has 0 unspecified atom stereocenters. The maximum atomic E-state index is 12.8. The van der Waals surface area contributed by atoms with Gasteiger partial charge in [0.05, 0.1) is 12.2 Å². The second-order valence-electron chi connectivity index (χ2n) is 6.39. The molecule has 1 atom stereocenters. The molecule has 1 aromatic carbocycles. The van der Waals surface area contributed by atoms with Crippen LogP contribution < -0.4 is 16.2 Å². The van der Waals surface area contributed by atoms with Crippen molar-refractivity contribution >= 4 is 11.8 Å². The Balaban J connectivity index is 2.05. The Morgan fingerprint density at radius 2 is 1.88 bits per heavy atom. The summed E-state index contributed by atoms with van der Waals surface area (Å²) >= 11 is 0. The number of amides is 2. The van der Waals surface area contributed by atoms with E-state index in [1.165, 1.54) is 0 Å². The average molecular weight is 361 g/mol. The van der Waals surface area contributed by atoms with Crippen LogP contribution in [0, 0.1) is 0 Å². The maximum Gasteiger partial charge on any atom is 0.419 e. The number of rotatable bonds is 2. The molecule has 0 saturated carbocycles. The van der Waals surface area contributed by atoms with Crippen LogP contribution in [0.1, 0.15) is 36.7 Å². The predicted octanol–water partition coefficient (Wildman–Crippen LogP) is 1.29. The number of carbonyl (C=O) groups is 2. The summed E-state index contributed by atoms with van der Waals surface area (Å²) in [6.45, 7) is 5.06. The van der Waals surface area contributed by atoms with Crippen LogP contribution in [0.2, 0.25) is 0 Å². The Bertz CT molecular complexity index is 706. The number of hydrazine groups is 1. The van der Waals surface area contributed by atoms with Gasteiger partial charge in [0.15, 0.2) is 0 Å². The SMILES string of the molecule is CC1(C)N[C@@](C)(C(=O)NNC(=O)c2ccc(O)c(C(F)(F)F)c2)CO1. The predicted molar refractivity (Wildman–Crippen MR) is 80.3 cm³/mol. The van der Waals surface area contributed by atoms with E-state index in [2.05, 4.69) is 10.7 Å². The largest absolute Gasteiger partial charge is 0.507 e. The quantitative estimate of drug-likeness (QED) is 0.595. The third-order valence-electron chi connectivity index (χ3n) is 3.65. The van der Waals surface area contributed by atoms with Crippen molar-refractivity contribution in [3.05, 3.63) is 29.3 Å². The average Bonchev–Trinajstić information content (AvgIpc) is 2.78. The third-order valence-corrected chi connectivity index (χ3v) is 3.65. The lowest BCUT2D eigenvalue weighted by molar-refractivity contribution is -0.138. The second-order valence-corrected chi connectivity index (χ2v) is 6.39. The fourth-order valence-electron chi connectivity index (χ4n) is 2.41. The van der Waals surface area contributed by atoms with E-state index in [1.54, 1.807) is 20.8 Å². The van der Waals surface area contributed by atoms with Crippen molar-refractivity contribution < 1.29 is 32.6 Å². The minimum Gasteiger partial charge on any atom is -0.507 e. The Hall–Kier alpha value is -2.33. The fourth-order valence-corrected chi connectivity index (χ4v) is 2.41. The van der Waals surface area contributed by atoms with Crippen LogP contribution in [0.3, 0.4) is 0 Å². The van der Waals surface area contributed by atoms with Crippen molar-refractivity contribution in [3.8, 4) is 5.75 Å². The zero-order valence-electron chi connectivity index (χ0n) is 13.7. The minimum atomic E-state index is -4.81. The van der Waals surface area contributed by atoms with Gasteiger partial charge >= 0.3 is 6.18 Å². The molecule has 1 fully saturated rings. The molecule has 1 aromatic rings. The van der Waals surface area contributed by atoms with Crippen LogP contribution in [-0.2, 0) is 15.7 Å². The summed E-state index contributed by atoms with van der Waals surface area (Å²) in [4.78, 5) is 24.1. The van der Waals surface area contributed by atoms with E-state index in [1.807, 2.05) is 5.43 Å². The van der Waals surface area contributed by atoms with Crippen molar-refractivity contribution in [2.24, 2.45) is 0 Å². The number of alkyl halides is 3. The van der Waals surface area contributed by atoms with Gasteiger partial charge in [0.25, 0.3) is 11.8 Å². The van der Waals surface area contributed by atoms with E-state index in [4.69, 9.17) is 4.74 Å². The van der Waals surface area contributed by atoms with Gasteiger partial charge in [0.2, 0.25) is 0 Å². The van der Waals surface area contributed by atoms with E-state index >= 15 is 0 Å². The highest BCUT2D eigenvalue weighted by Gasteiger charge is 2.45. The van der Waals surface area contributed by atoms with Crippen LogP contribution in [0.4, 0.5) is 13.2 Å². The molecule has 2 rings (SSSR count). The highest BCUT2D eigenvalue weighted by Crippen LogP contribution is 2.36. The Morgan fingerprint density at radius 3 is 2.40 bits per heavy atom. The topological polar surface area (TPSA) is 99.7 Å². The van der Waals surface area contributed by atoms with Gasteiger partial charge in [-0.05, 0) is 39.0 Å². The molecule has 0 bridgehead atoms. The number of benzene rings is 1. The zero-order valence-corrected chi connectivity index (χ0v) is 13.7. The van der Waals surface area contributed by atoms with Crippen molar-refractivity contribution in [3.63, 3.8) is 0 Å². The molecule has 0 aromatic heterocycles. The fraction of sp³-hybridized carbons (Fsp3) is 0.467. The lowest BCUT2D eigenvalue weighted by atomic mass is 10.0. The van der Waals surface area contributed by atoms with Gasteiger partial charge in [-0.15, -0.1) is 0 Å². The third kappa shape index (κ3) is 4.20. The van der Waals surface area contributed by atoms with E-state index < -0.39 is 40.6 Å². The number of phenols is 1. The van der Waals surface area contributed by atoms with Gasteiger partial charge in [-0.3, -0.25) is 25.8 Å². The van der Waals surface area contributed by atoms with Crippen molar-refractivity contribution in [1.82, 2.24) is 16.2 Å². The first-order chi connectivity index (χ1) is 11.3. The molecule has 1 heterocycles. The molecule has 7 nitrogen and oxygen atoms in total. The molecule has 0 spiro atoms. The molecular formula is C15H18F3N3O4. The molecule has 1 aliphatic heterocycles. The number of aromatic hydroxyl groups is 1. The van der Waals surface area contributed by atoms with Crippen molar-refractivity contribution in [1.29, 1.82) is 0 Å². The van der Waals surface area contributed by atoms with Crippen LogP contribution in [-0.4, -0.2) is 34.8 Å². The first-order valence-electron chi connectivity index (χ1n) is 7.28. The van der Waals surface area contributed by atoms with E-state index in [-0.39, 0.29) is 12.2 Å². The number of nitrogens with one attached hydrogen (secondary N) is 3. The summed E-state index contributed by atoms with van der Waals surface area (Å²) in [7, 11) is 0. The first kappa shape index (κ1) is 19.0. The van der Waals surface area contributed by atoms with Crippen LogP contribution in [0.25, 0.3) is 0 Å². The molecule has 138 valence electrons. The molecule has 2 amide bonds. The maximum absolute atomic E-state index is 12.8. The van der Waals surface area contributed by atoms with Crippen molar-refractivity contribution in [2.45, 2.75) is 38.2 Å². The Labute approximate surface area is 141 Å². The van der Waals surface area contributed by atoms with E-state index in [0.717, 1.165) is 12.1 Å². The van der Waals surface area contributed by atoms with Crippen LogP contribution >= 0.6 is 0 Å². The number of phenolic OH excluding ortho intramolecular Hbond substituents is 1. The zero-order chi connectivity index (χ0) is 19.0. The Kier molecular flexibility index (Phi) is 4.71.